The monoisotopic (exact) mass is 351 g/mol. The summed E-state index contributed by atoms with van der Waals surface area (Å²) in [4.78, 5) is 19.1. The molecule has 1 aromatic carbocycles. The molecule has 0 saturated carbocycles. The minimum absolute atomic E-state index is 0.0602. The van der Waals surface area contributed by atoms with Crippen LogP contribution in [-0.4, -0.2) is 42.5 Å². The Balaban J connectivity index is 1.86. The largest absolute Gasteiger partial charge is 0.378 e. The summed E-state index contributed by atoms with van der Waals surface area (Å²) < 4.78 is 5.07. The molecule has 1 unspecified atom stereocenters. The number of nitrogens with one attached hydrogen (secondary N) is 1. The highest BCUT2D eigenvalue weighted by Gasteiger charge is 2.30. The highest BCUT2D eigenvalue weighted by Crippen LogP contribution is 2.29. The summed E-state index contributed by atoms with van der Waals surface area (Å²) in [6.45, 7) is 2.51. The molecular formula is C16H18ClN3O2S. The maximum Gasteiger partial charge on any atom is 0.273 e. The predicted molar refractivity (Wildman–Crippen MR) is 90.9 cm³/mol. The Morgan fingerprint density at radius 2 is 2.35 bits per heavy atom. The molecule has 0 radical (unpaired) electrons. The van der Waals surface area contributed by atoms with Gasteiger partial charge in [0.1, 0.15) is 10.7 Å². The lowest BCUT2D eigenvalue weighted by Gasteiger charge is -2.36. The van der Waals surface area contributed by atoms with Gasteiger partial charge in [0.15, 0.2) is 0 Å². The van der Waals surface area contributed by atoms with Crippen molar-refractivity contribution < 1.29 is 9.53 Å². The first kappa shape index (κ1) is 16.4. The number of nitrogens with zero attached hydrogens (tertiary/aromatic N) is 2. The maximum atomic E-state index is 12.9. The number of ether oxygens (including phenoxy) is 1. The van der Waals surface area contributed by atoms with Crippen LogP contribution in [0.25, 0.3) is 0 Å². The van der Waals surface area contributed by atoms with Crippen LogP contribution in [0.2, 0.25) is 5.02 Å². The number of rotatable bonds is 4. The number of methoxy groups -OCH3 is 1. The fourth-order valence-electron chi connectivity index (χ4n) is 2.72. The molecule has 122 valence electrons. The zero-order valence-electron chi connectivity index (χ0n) is 12.8. The Bertz CT molecular complexity index is 691. The quantitative estimate of drug-likeness (QED) is 0.920. The third-order valence-corrected chi connectivity index (χ3v) is 4.97. The summed E-state index contributed by atoms with van der Waals surface area (Å²) in [5, 5.41) is 6.61. The highest BCUT2D eigenvalue weighted by atomic mass is 35.5. The number of carbonyl (C=O) groups excluding carboxylic acids is 1. The first-order valence-electron chi connectivity index (χ1n) is 7.40. The molecule has 0 spiro atoms. The van der Waals surface area contributed by atoms with E-state index in [1.54, 1.807) is 12.5 Å². The van der Waals surface area contributed by atoms with Crippen molar-refractivity contribution in [3.63, 3.8) is 0 Å². The molecule has 2 aromatic rings. The molecule has 1 aromatic heterocycles. The summed E-state index contributed by atoms with van der Waals surface area (Å²) >= 11 is 7.76. The molecule has 3 rings (SSSR count). The van der Waals surface area contributed by atoms with Gasteiger partial charge in [-0.05, 0) is 11.6 Å². The van der Waals surface area contributed by atoms with Crippen LogP contribution < -0.4 is 5.32 Å². The van der Waals surface area contributed by atoms with Crippen LogP contribution in [0.5, 0.6) is 0 Å². The van der Waals surface area contributed by atoms with Crippen molar-refractivity contribution in [3.05, 3.63) is 50.9 Å². The van der Waals surface area contributed by atoms with Gasteiger partial charge in [0.25, 0.3) is 5.91 Å². The summed E-state index contributed by atoms with van der Waals surface area (Å²) in [5.74, 6) is -0.0602. The maximum absolute atomic E-state index is 12.9. The SMILES string of the molecule is COCc1nc(C(=O)N2CCNCC2c2ccccc2Cl)cs1. The standard InChI is InChI=1S/C16H18ClN3O2S/c1-22-9-15-19-13(10-23-15)16(21)20-7-6-18-8-14(20)11-4-2-3-5-12(11)17/h2-5,10,14,18H,6-9H2,1H3. The fraction of sp³-hybridized carbons (Fsp3) is 0.375. The van der Waals surface area contributed by atoms with E-state index in [0.717, 1.165) is 17.1 Å². The first-order valence-corrected chi connectivity index (χ1v) is 8.66. The molecule has 5 nitrogen and oxygen atoms in total. The molecule has 1 N–H and O–H groups in total. The van der Waals surface area contributed by atoms with E-state index < -0.39 is 0 Å². The third kappa shape index (κ3) is 3.55. The Morgan fingerprint density at radius 1 is 1.52 bits per heavy atom. The number of piperazine rings is 1. The summed E-state index contributed by atoms with van der Waals surface area (Å²) in [5.41, 5.74) is 1.43. The smallest absolute Gasteiger partial charge is 0.273 e. The normalized spacial score (nSPS) is 18.2. The third-order valence-electron chi connectivity index (χ3n) is 3.81. The Kier molecular flexibility index (Phi) is 5.27. The Morgan fingerprint density at radius 3 is 3.13 bits per heavy atom. The van der Waals surface area contributed by atoms with Crippen molar-refractivity contribution >= 4 is 28.8 Å². The van der Waals surface area contributed by atoms with Crippen molar-refractivity contribution in [2.24, 2.45) is 0 Å². The number of benzene rings is 1. The molecule has 2 heterocycles. The average molecular weight is 352 g/mol. The molecule has 1 atom stereocenters. The number of carbonyl (C=O) groups is 1. The van der Waals surface area contributed by atoms with Crippen LogP contribution in [0.1, 0.15) is 27.1 Å². The van der Waals surface area contributed by atoms with E-state index in [-0.39, 0.29) is 11.9 Å². The summed E-state index contributed by atoms with van der Waals surface area (Å²) in [6.07, 6.45) is 0. The Hall–Kier alpha value is -1.47. The van der Waals surface area contributed by atoms with Gasteiger partial charge in [0.05, 0.1) is 12.6 Å². The Labute approximate surface area is 144 Å². The zero-order chi connectivity index (χ0) is 16.2. The van der Waals surface area contributed by atoms with Gasteiger partial charge in [0.2, 0.25) is 0 Å². The highest BCUT2D eigenvalue weighted by molar-refractivity contribution is 7.09. The second kappa shape index (κ2) is 7.40. The van der Waals surface area contributed by atoms with E-state index >= 15 is 0 Å². The molecule has 0 aliphatic carbocycles. The van der Waals surface area contributed by atoms with E-state index in [2.05, 4.69) is 10.3 Å². The van der Waals surface area contributed by atoms with Crippen LogP contribution in [0.4, 0.5) is 0 Å². The lowest BCUT2D eigenvalue weighted by atomic mass is 10.0. The van der Waals surface area contributed by atoms with E-state index in [4.69, 9.17) is 16.3 Å². The molecular weight excluding hydrogens is 334 g/mol. The van der Waals surface area contributed by atoms with Crippen LogP contribution in [-0.2, 0) is 11.3 Å². The molecule has 1 amide bonds. The second-order valence-corrected chi connectivity index (χ2v) is 6.65. The van der Waals surface area contributed by atoms with Crippen molar-refractivity contribution in [3.8, 4) is 0 Å². The predicted octanol–water partition coefficient (Wildman–Crippen LogP) is 2.73. The number of hydrogen-bond donors (Lipinski definition) is 1. The van der Waals surface area contributed by atoms with Gasteiger partial charge in [-0.15, -0.1) is 11.3 Å². The minimum atomic E-state index is -0.0856. The van der Waals surface area contributed by atoms with Crippen molar-refractivity contribution in [2.75, 3.05) is 26.7 Å². The molecule has 1 aliphatic rings. The van der Waals surface area contributed by atoms with Gasteiger partial charge < -0.3 is 15.0 Å². The fourth-order valence-corrected chi connectivity index (χ4v) is 3.72. The number of aromatic nitrogens is 1. The van der Waals surface area contributed by atoms with Gasteiger partial charge in [-0.1, -0.05) is 29.8 Å². The molecule has 1 fully saturated rings. The molecule has 1 saturated heterocycles. The van der Waals surface area contributed by atoms with E-state index in [0.29, 0.717) is 30.4 Å². The molecule has 23 heavy (non-hydrogen) atoms. The lowest BCUT2D eigenvalue weighted by Crippen LogP contribution is -2.48. The zero-order valence-corrected chi connectivity index (χ0v) is 14.4. The summed E-state index contributed by atoms with van der Waals surface area (Å²) in [6, 6.07) is 7.58. The summed E-state index contributed by atoms with van der Waals surface area (Å²) in [7, 11) is 1.62. The van der Waals surface area contributed by atoms with Gasteiger partial charge in [-0.3, -0.25) is 4.79 Å². The van der Waals surface area contributed by atoms with Crippen molar-refractivity contribution in [1.29, 1.82) is 0 Å². The molecule has 1 aliphatic heterocycles. The number of hydrogen-bond acceptors (Lipinski definition) is 5. The van der Waals surface area contributed by atoms with Crippen molar-refractivity contribution in [1.82, 2.24) is 15.2 Å². The van der Waals surface area contributed by atoms with Crippen LogP contribution >= 0.6 is 22.9 Å². The van der Waals surface area contributed by atoms with Gasteiger partial charge in [0, 0.05) is 37.1 Å². The van der Waals surface area contributed by atoms with Crippen LogP contribution in [0.15, 0.2) is 29.6 Å². The van der Waals surface area contributed by atoms with Gasteiger partial charge in [-0.25, -0.2) is 4.98 Å². The number of amides is 1. The topological polar surface area (TPSA) is 54.5 Å². The first-order chi connectivity index (χ1) is 11.2. The van der Waals surface area contributed by atoms with Crippen LogP contribution in [0, 0.1) is 0 Å². The van der Waals surface area contributed by atoms with Crippen molar-refractivity contribution in [2.45, 2.75) is 12.6 Å². The van der Waals surface area contributed by atoms with Gasteiger partial charge in [-0.2, -0.15) is 0 Å². The second-order valence-electron chi connectivity index (χ2n) is 5.30. The lowest BCUT2D eigenvalue weighted by molar-refractivity contribution is 0.0628. The van der Waals surface area contributed by atoms with Crippen LogP contribution in [0.3, 0.4) is 0 Å². The van der Waals surface area contributed by atoms with E-state index in [9.17, 15) is 4.79 Å². The molecule has 0 bridgehead atoms. The number of thiazole rings is 1. The minimum Gasteiger partial charge on any atom is -0.378 e. The van der Waals surface area contributed by atoms with Gasteiger partial charge >= 0.3 is 0 Å². The van der Waals surface area contributed by atoms with E-state index in [1.807, 2.05) is 29.2 Å². The average Bonchev–Trinajstić information content (AvgIpc) is 3.04. The molecule has 7 heteroatoms. The van der Waals surface area contributed by atoms with E-state index in [1.165, 1.54) is 11.3 Å². The number of halogens is 1.